The zero-order chi connectivity index (χ0) is 15.5. The first kappa shape index (κ1) is 15.7. The van der Waals surface area contributed by atoms with Crippen molar-refractivity contribution < 1.29 is 5.21 Å². The van der Waals surface area contributed by atoms with E-state index in [4.69, 9.17) is 10.9 Å². The Bertz CT molecular complexity index is 511. The van der Waals surface area contributed by atoms with E-state index in [1.165, 1.54) is 25.7 Å². The minimum atomic E-state index is 0.191. The summed E-state index contributed by atoms with van der Waals surface area (Å²) in [6, 6.07) is 6.17. The van der Waals surface area contributed by atoms with Gasteiger partial charge in [0.05, 0.1) is 0 Å². The van der Waals surface area contributed by atoms with Gasteiger partial charge in [-0.1, -0.05) is 43.5 Å². The topological polar surface area (TPSA) is 61.8 Å². The highest BCUT2D eigenvalue weighted by molar-refractivity contribution is 6.02. The molecule has 0 spiro atoms. The molecule has 4 nitrogen and oxygen atoms in total. The zero-order valence-electron chi connectivity index (χ0n) is 13.4. The first-order valence-electron chi connectivity index (χ1n) is 7.88. The van der Waals surface area contributed by atoms with Gasteiger partial charge >= 0.3 is 0 Å². The van der Waals surface area contributed by atoms with Gasteiger partial charge in [0.15, 0.2) is 5.84 Å². The van der Waals surface area contributed by atoms with Crippen molar-refractivity contribution in [3.05, 3.63) is 29.3 Å². The third-order valence-electron chi connectivity index (χ3n) is 5.20. The summed E-state index contributed by atoms with van der Waals surface area (Å²) in [5.41, 5.74) is 9.38. The number of hydrogen-bond donors (Lipinski definition) is 2. The molecule has 0 atom stereocenters. The molecule has 1 aliphatic heterocycles. The number of oxime groups is 1. The molecule has 1 heterocycles. The van der Waals surface area contributed by atoms with Gasteiger partial charge in [-0.05, 0) is 37.3 Å². The number of hydrogen-bond acceptors (Lipinski definition) is 3. The van der Waals surface area contributed by atoms with Gasteiger partial charge < -0.3 is 15.8 Å². The van der Waals surface area contributed by atoms with Crippen molar-refractivity contribution in [3.8, 4) is 0 Å². The van der Waals surface area contributed by atoms with E-state index in [1.54, 1.807) is 0 Å². The van der Waals surface area contributed by atoms with E-state index in [0.717, 1.165) is 29.9 Å². The number of benzene rings is 1. The van der Waals surface area contributed by atoms with Gasteiger partial charge in [-0.3, -0.25) is 0 Å². The molecule has 0 saturated carbocycles. The van der Waals surface area contributed by atoms with Gasteiger partial charge in [0.2, 0.25) is 0 Å². The highest BCUT2D eigenvalue weighted by Gasteiger charge is 2.32. The number of anilines is 1. The maximum absolute atomic E-state index is 9.01. The van der Waals surface area contributed by atoms with E-state index in [2.05, 4.69) is 36.0 Å². The van der Waals surface area contributed by atoms with Crippen molar-refractivity contribution in [2.24, 2.45) is 16.3 Å². The molecule has 0 bridgehead atoms. The van der Waals surface area contributed by atoms with Crippen LogP contribution in [0.4, 0.5) is 5.69 Å². The highest BCUT2D eigenvalue weighted by Crippen LogP contribution is 2.39. The van der Waals surface area contributed by atoms with E-state index < -0.39 is 0 Å². The number of nitrogens with two attached hydrogens (primary N) is 1. The fourth-order valence-electron chi connectivity index (χ4n) is 3.36. The Labute approximate surface area is 127 Å². The van der Waals surface area contributed by atoms with Crippen LogP contribution >= 0.6 is 0 Å². The number of amidine groups is 1. The molecular weight excluding hydrogens is 262 g/mol. The molecule has 2 rings (SSSR count). The van der Waals surface area contributed by atoms with Gasteiger partial charge in [-0.2, -0.15) is 0 Å². The maximum atomic E-state index is 9.01. The second kappa shape index (κ2) is 6.37. The van der Waals surface area contributed by atoms with Crippen molar-refractivity contribution in [3.63, 3.8) is 0 Å². The lowest BCUT2D eigenvalue weighted by atomic mass is 9.74. The average Bonchev–Trinajstić information content (AvgIpc) is 2.54. The Balaban J connectivity index is 2.25. The lowest BCUT2D eigenvalue weighted by molar-refractivity contribution is 0.199. The van der Waals surface area contributed by atoms with E-state index >= 15 is 0 Å². The maximum Gasteiger partial charge on any atom is 0.172 e. The number of aryl methyl sites for hydroxylation is 1. The van der Waals surface area contributed by atoms with Crippen molar-refractivity contribution in [1.29, 1.82) is 0 Å². The van der Waals surface area contributed by atoms with Gasteiger partial charge in [0.25, 0.3) is 0 Å². The smallest absolute Gasteiger partial charge is 0.172 e. The third-order valence-corrected chi connectivity index (χ3v) is 5.20. The number of nitrogens with zero attached hydrogens (tertiary/aromatic N) is 2. The largest absolute Gasteiger partial charge is 0.409 e. The second-order valence-electron chi connectivity index (χ2n) is 6.20. The van der Waals surface area contributed by atoms with Gasteiger partial charge in [0.1, 0.15) is 0 Å². The fourth-order valence-corrected chi connectivity index (χ4v) is 3.36. The molecule has 0 aliphatic carbocycles. The first-order chi connectivity index (χ1) is 10.0. The monoisotopic (exact) mass is 289 g/mol. The van der Waals surface area contributed by atoms with Gasteiger partial charge in [-0.15, -0.1) is 0 Å². The van der Waals surface area contributed by atoms with Crippen molar-refractivity contribution >= 4 is 11.5 Å². The van der Waals surface area contributed by atoms with Crippen LogP contribution in [0, 0.1) is 12.3 Å². The average molecular weight is 289 g/mol. The summed E-state index contributed by atoms with van der Waals surface area (Å²) < 4.78 is 0. The first-order valence-corrected chi connectivity index (χ1v) is 7.88. The van der Waals surface area contributed by atoms with Crippen molar-refractivity contribution in [2.75, 3.05) is 18.0 Å². The molecule has 116 valence electrons. The number of piperidine rings is 1. The standard InChI is InChI=1S/C17H27N3O/c1-4-17(5-2)8-10-20(11-9-17)15-7-6-13(3)12-14(15)16(18)19-21/h6-7,12,21H,4-5,8-11H2,1-3H3,(H2,18,19). The van der Waals surface area contributed by atoms with E-state index in [0.29, 0.717) is 5.41 Å². The molecular formula is C17H27N3O. The minimum absolute atomic E-state index is 0.191. The summed E-state index contributed by atoms with van der Waals surface area (Å²) in [6.07, 6.45) is 4.92. The quantitative estimate of drug-likeness (QED) is 0.386. The molecule has 1 aromatic rings. The third kappa shape index (κ3) is 3.14. The fraction of sp³-hybridized carbons (Fsp3) is 0.588. The van der Waals surface area contributed by atoms with Gasteiger partial charge in [0, 0.05) is 24.3 Å². The minimum Gasteiger partial charge on any atom is -0.409 e. The molecule has 0 unspecified atom stereocenters. The molecule has 0 radical (unpaired) electrons. The van der Waals surface area contributed by atoms with Crippen LogP contribution in [0.1, 0.15) is 50.7 Å². The van der Waals surface area contributed by atoms with Crippen LogP contribution in [-0.4, -0.2) is 24.1 Å². The molecule has 1 fully saturated rings. The van der Waals surface area contributed by atoms with Crippen LogP contribution < -0.4 is 10.6 Å². The Kier molecular flexibility index (Phi) is 4.76. The molecule has 4 heteroatoms. The molecule has 0 aromatic heterocycles. The Morgan fingerprint density at radius 1 is 1.29 bits per heavy atom. The molecule has 1 aliphatic rings. The van der Waals surface area contributed by atoms with Gasteiger partial charge in [-0.25, -0.2) is 0 Å². The Morgan fingerprint density at radius 2 is 1.90 bits per heavy atom. The predicted octanol–water partition coefficient (Wildman–Crippen LogP) is 3.50. The van der Waals surface area contributed by atoms with Crippen molar-refractivity contribution in [1.82, 2.24) is 0 Å². The SMILES string of the molecule is CCC1(CC)CCN(c2ccc(C)cc2/C(N)=N/O)CC1. The molecule has 1 aromatic carbocycles. The zero-order valence-corrected chi connectivity index (χ0v) is 13.4. The summed E-state index contributed by atoms with van der Waals surface area (Å²) in [6.45, 7) is 8.69. The second-order valence-corrected chi connectivity index (χ2v) is 6.20. The highest BCUT2D eigenvalue weighted by atomic mass is 16.4. The van der Waals surface area contributed by atoms with Crippen LogP contribution in [0.5, 0.6) is 0 Å². The summed E-state index contributed by atoms with van der Waals surface area (Å²) in [7, 11) is 0. The van der Waals surface area contributed by atoms with Crippen LogP contribution in [-0.2, 0) is 0 Å². The normalized spacial score (nSPS) is 18.8. The Hall–Kier alpha value is -1.71. The molecule has 1 saturated heterocycles. The van der Waals surface area contributed by atoms with E-state index in [-0.39, 0.29) is 5.84 Å². The summed E-state index contributed by atoms with van der Waals surface area (Å²) in [5, 5.41) is 12.2. The number of rotatable bonds is 4. The summed E-state index contributed by atoms with van der Waals surface area (Å²) in [5.74, 6) is 0.191. The Morgan fingerprint density at radius 3 is 2.43 bits per heavy atom. The van der Waals surface area contributed by atoms with Crippen LogP contribution in [0.2, 0.25) is 0 Å². The lowest BCUT2D eigenvalue weighted by Crippen LogP contribution is -2.40. The molecule has 3 N–H and O–H groups in total. The van der Waals surface area contributed by atoms with E-state index in [1.807, 2.05) is 13.0 Å². The lowest BCUT2D eigenvalue weighted by Gasteiger charge is -2.42. The summed E-state index contributed by atoms with van der Waals surface area (Å²) in [4.78, 5) is 2.37. The van der Waals surface area contributed by atoms with E-state index in [9.17, 15) is 0 Å². The van der Waals surface area contributed by atoms with Crippen LogP contribution in [0.3, 0.4) is 0 Å². The van der Waals surface area contributed by atoms with Crippen LogP contribution in [0.15, 0.2) is 23.4 Å². The summed E-state index contributed by atoms with van der Waals surface area (Å²) >= 11 is 0. The molecule has 21 heavy (non-hydrogen) atoms. The van der Waals surface area contributed by atoms with Crippen LogP contribution in [0.25, 0.3) is 0 Å². The van der Waals surface area contributed by atoms with Crippen molar-refractivity contribution in [2.45, 2.75) is 46.5 Å². The molecule has 0 amide bonds. The predicted molar refractivity (Wildman–Crippen MR) is 88.2 cm³/mol.